The van der Waals surface area contributed by atoms with Gasteiger partial charge in [0.25, 0.3) is 0 Å². The van der Waals surface area contributed by atoms with Gasteiger partial charge in [-0.1, -0.05) is 19.3 Å². The van der Waals surface area contributed by atoms with Gasteiger partial charge in [0.05, 0.1) is 0 Å². The van der Waals surface area contributed by atoms with Crippen molar-refractivity contribution in [1.29, 1.82) is 0 Å². The van der Waals surface area contributed by atoms with Crippen LogP contribution in [-0.4, -0.2) is 10.5 Å². The van der Waals surface area contributed by atoms with Gasteiger partial charge in [0.2, 0.25) is 0 Å². The second kappa shape index (κ2) is 3.91. The van der Waals surface area contributed by atoms with Crippen molar-refractivity contribution in [3.63, 3.8) is 0 Å². The molecule has 0 unspecified atom stereocenters. The summed E-state index contributed by atoms with van der Waals surface area (Å²) in [6.45, 7) is 0. The molecule has 0 aromatic rings. The largest absolute Gasteiger partial charge is 0.179 e. The molecule has 0 bridgehead atoms. The summed E-state index contributed by atoms with van der Waals surface area (Å²) in [5, 5.41) is 0. The van der Waals surface area contributed by atoms with E-state index in [1.165, 1.54) is 38.5 Å². The summed E-state index contributed by atoms with van der Waals surface area (Å²) in [7, 11) is 0. The van der Waals surface area contributed by atoms with Crippen molar-refractivity contribution in [1.82, 2.24) is 0 Å². The quantitative estimate of drug-likeness (QED) is 0.594. The smallest absolute Gasteiger partial charge is 0.0137 e. The van der Waals surface area contributed by atoms with Crippen LogP contribution in [-0.2, 0) is 0 Å². The second-order valence-corrected chi connectivity index (χ2v) is 4.65. The Morgan fingerprint density at radius 3 is 2.20 bits per heavy atom. The van der Waals surface area contributed by atoms with Crippen LogP contribution in [0.25, 0.3) is 0 Å². The van der Waals surface area contributed by atoms with Crippen molar-refractivity contribution in [2.24, 2.45) is 0 Å². The van der Waals surface area contributed by atoms with Crippen LogP contribution in [0.4, 0.5) is 0 Å². The first-order chi connectivity index (χ1) is 4.77. The fourth-order valence-corrected chi connectivity index (χ4v) is 2.70. The van der Waals surface area contributed by atoms with Crippen LogP contribution >= 0.6 is 25.3 Å². The Hall–Kier alpha value is 0.700. The SMILES string of the molecule is SCCC1(S)CCCCC1. The summed E-state index contributed by atoms with van der Waals surface area (Å²) >= 11 is 8.92. The molecule has 0 aliphatic heterocycles. The highest BCUT2D eigenvalue weighted by Gasteiger charge is 2.26. The highest BCUT2D eigenvalue weighted by molar-refractivity contribution is 7.82. The lowest BCUT2D eigenvalue weighted by Gasteiger charge is -2.31. The van der Waals surface area contributed by atoms with E-state index in [0.717, 1.165) is 5.75 Å². The Bertz CT molecular complexity index is 89.9. The molecule has 1 aliphatic rings. The number of hydrogen-bond acceptors (Lipinski definition) is 2. The van der Waals surface area contributed by atoms with E-state index in [-0.39, 0.29) is 0 Å². The first-order valence-electron chi connectivity index (χ1n) is 4.10. The van der Waals surface area contributed by atoms with Crippen LogP contribution in [0.15, 0.2) is 0 Å². The standard InChI is InChI=1S/C8H16S2/c9-7-6-8(10)4-2-1-3-5-8/h9-10H,1-7H2. The molecule has 0 aromatic carbocycles. The Morgan fingerprint density at radius 2 is 1.70 bits per heavy atom. The van der Waals surface area contributed by atoms with Crippen molar-refractivity contribution in [2.75, 3.05) is 5.75 Å². The molecule has 0 saturated heterocycles. The van der Waals surface area contributed by atoms with E-state index in [9.17, 15) is 0 Å². The van der Waals surface area contributed by atoms with Gasteiger partial charge in [0, 0.05) is 4.75 Å². The minimum absolute atomic E-state index is 0.347. The van der Waals surface area contributed by atoms with Crippen LogP contribution in [0.1, 0.15) is 38.5 Å². The molecule has 10 heavy (non-hydrogen) atoms. The minimum Gasteiger partial charge on any atom is -0.179 e. The molecule has 0 aromatic heterocycles. The number of thiol groups is 2. The Kier molecular flexibility index (Phi) is 3.44. The molecule has 1 fully saturated rings. The number of hydrogen-bond donors (Lipinski definition) is 2. The molecular formula is C8H16S2. The second-order valence-electron chi connectivity index (χ2n) is 3.26. The van der Waals surface area contributed by atoms with Crippen molar-refractivity contribution in [2.45, 2.75) is 43.3 Å². The van der Waals surface area contributed by atoms with Gasteiger partial charge < -0.3 is 0 Å². The minimum atomic E-state index is 0.347. The van der Waals surface area contributed by atoms with E-state index in [1.807, 2.05) is 0 Å². The van der Waals surface area contributed by atoms with Crippen LogP contribution in [0, 0.1) is 0 Å². The van der Waals surface area contributed by atoms with Gasteiger partial charge in [-0.25, -0.2) is 0 Å². The summed E-state index contributed by atoms with van der Waals surface area (Å²) in [4.78, 5) is 0. The highest BCUT2D eigenvalue weighted by atomic mass is 32.1. The average Bonchev–Trinajstić information content (AvgIpc) is 1.89. The Morgan fingerprint density at radius 1 is 1.10 bits per heavy atom. The van der Waals surface area contributed by atoms with Crippen LogP contribution < -0.4 is 0 Å². The molecular weight excluding hydrogens is 160 g/mol. The van der Waals surface area contributed by atoms with Crippen LogP contribution in [0.2, 0.25) is 0 Å². The first kappa shape index (κ1) is 8.79. The maximum atomic E-state index is 4.68. The van der Waals surface area contributed by atoms with E-state index in [4.69, 9.17) is 0 Å². The van der Waals surface area contributed by atoms with Gasteiger partial charge in [0.1, 0.15) is 0 Å². The molecule has 0 nitrogen and oxygen atoms in total. The van der Waals surface area contributed by atoms with Crippen LogP contribution in [0.5, 0.6) is 0 Å². The Balaban J connectivity index is 2.32. The maximum Gasteiger partial charge on any atom is 0.0137 e. The van der Waals surface area contributed by atoms with Gasteiger partial charge in [-0.15, -0.1) is 0 Å². The zero-order valence-corrected chi connectivity index (χ0v) is 8.13. The van der Waals surface area contributed by atoms with Gasteiger partial charge >= 0.3 is 0 Å². The monoisotopic (exact) mass is 176 g/mol. The van der Waals surface area contributed by atoms with E-state index >= 15 is 0 Å². The molecule has 0 radical (unpaired) electrons. The zero-order valence-electron chi connectivity index (χ0n) is 6.34. The zero-order chi connectivity index (χ0) is 7.45. The van der Waals surface area contributed by atoms with Crippen molar-refractivity contribution >= 4 is 25.3 Å². The molecule has 0 heterocycles. The summed E-state index contributed by atoms with van der Waals surface area (Å²) in [6.07, 6.45) is 7.94. The lowest BCUT2D eigenvalue weighted by molar-refractivity contribution is 0.393. The third kappa shape index (κ3) is 2.39. The molecule has 60 valence electrons. The van der Waals surface area contributed by atoms with Gasteiger partial charge in [0.15, 0.2) is 0 Å². The average molecular weight is 176 g/mol. The third-order valence-corrected chi connectivity index (χ3v) is 3.26. The Labute approximate surface area is 74.6 Å². The van der Waals surface area contributed by atoms with Gasteiger partial charge in [-0.05, 0) is 25.0 Å². The molecule has 0 N–H and O–H groups in total. The first-order valence-corrected chi connectivity index (χ1v) is 5.18. The molecule has 1 rings (SSSR count). The summed E-state index contributed by atoms with van der Waals surface area (Å²) in [5.41, 5.74) is 0. The molecule has 0 amide bonds. The van der Waals surface area contributed by atoms with E-state index in [2.05, 4.69) is 25.3 Å². The van der Waals surface area contributed by atoms with E-state index in [1.54, 1.807) is 0 Å². The highest BCUT2D eigenvalue weighted by Crippen LogP contribution is 2.36. The summed E-state index contributed by atoms with van der Waals surface area (Å²) < 4.78 is 0.347. The normalized spacial score (nSPS) is 24.6. The van der Waals surface area contributed by atoms with Crippen molar-refractivity contribution < 1.29 is 0 Å². The van der Waals surface area contributed by atoms with Crippen molar-refractivity contribution in [3.8, 4) is 0 Å². The molecule has 2 heteroatoms. The number of rotatable bonds is 2. The van der Waals surface area contributed by atoms with Crippen molar-refractivity contribution in [3.05, 3.63) is 0 Å². The summed E-state index contributed by atoms with van der Waals surface area (Å²) in [5.74, 6) is 0.990. The predicted octanol–water partition coefficient (Wildman–Crippen LogP) is 2.94. The molecule has 0 spiro atoms. The van der Waals surface area contributed by atoms with E-state index in [0.29, 0.717) is 4.75 Å². The lowest BCUT2D eigenvalue weighted by atomic mass is 9.86. The molecule has 1 aliphatic carbocycles. The summed E-state index contributed by atoms with van der Waals surface area (Å²) in [6, 6.07) is 0. The molecule has 1 saturated carbocycles. The van der Waals surface area contributed by atoms with E-state index < -0.39 is 0 Å². The fraction of sp³-hybridized carbons (Fsp3) is 1.00. The predicted molar refractivity (Wildman–Crippen MR) is 53.3 cm³/mol. The lowest BCUT2D eigenvalue weighted by Crippen LogP contribution is -2.25. The van der Waals surface area contributed by atoms with Gasteiger partial charge in [-0.3, -0.25) is 0 Å². The van der Waals surface area contributed by atoms with Crippen LogP contribution in [0.3, 0.4) is 0 Å². The third-order valence-electron chi connectivity index (χ3n) is 2.36. The topological polar surface area (TPSA) is 0 Å². The van der Waals surface area contributed by atoms with Gasteiger partial charge in [-0.2, -0.15) is 25.3 Å². The maximum absolute atomic E-state index is 4.68. The molecule has 0 atom stereocenters. The fourth-order valence-electron chi connectivity index (χ4n) is 1.67.